The summed E-state index contributed by atoms with van der Waals surface area (Å²) in [6.45, 7) is 1.99. The summed E-state index contributed by atoms with van der Waals surface area (Å²) in [5, 5.41) is 5.92. The zero-order chi connectivity index (χ0) is 14.5. The van der Waals surface area contributed by atoms with Crippen molar-refractivity contribution >= 4 is 44.9 Å². The van der Waals surface area contributed by atoms with Gasteiger partial charge in [0.1, 0.15) is 0 Å². The second-order valence-corrected chi connectivity index (χ2v) is 5.61. The second kappa shape index (κ2) is 6.63. The average Bonchev–Trinajstić information content (AvgIpc) is 2.38. The van der Waals surface area contributed by atoms with E-state index in [1.807, 2.05) is 37.3 Å². The Labute approximate surface area is 131 Å². The molecule has 5 heteroatoms. The molecule has 3 nitrogen and oxygen atoms in total. The van der Waals surface area contributed by atoms with Crippen LogP contribution in [0.5, 0.6) is 0 Å². The van der Waals surface area contributed by atoms with Gasteiger partial charge in [-0.05, 0) is 55.0 Å². The lowest BCUT2D eigenvalue weighted by atomic mass is 10.2. The van der Waals surface area contributed by atoms with Crippen LogP contribution in [0, 0.1) is 6.92 Å². The first-order chi connectivity index (χ1) is 9.54. The van der Waals surface area contributed by atoms with Crippen molar-refractivity contribution in [2.75, 3.05) is 5.32 Å². The van der Waals surface area contributed by atoms with Gasteiger partial charge in [0.25, 0.3) is 5.91 Å². The van der Waals surface area contributed by atoms with E-state index in [2.05, 4.69) is 26.6 Å². The number of hydrogen-bond donors (Lipinski definition) is 2. The van der Waals surface area contributed by atoms with E-state index in [-0.39, 0.29) is 11.0 Å². The number of thiocarbonyl (C=S) groups is 1. The number of halogens is 1. The van der Waals surface area contributed by atoms with E-state index >= 15 is 0 Å². The molecular formula is C15H13BrN2OS. The summed E-state index contributed by atoms with van der Waals surface area (Å²) >= 11 is 8.46. The highest BCUT2D eigenvalue weighted by molar-refractivity contribution is 9.10. The molecular weight excluding hydrogens is 336 g/mol. The number of anilines is 1. The third-order valence-electron chi connectivity index (χ3n) is 2.59. The first kappa shape index (κ1) is 14.7. The number of nitrogens with one attached hydrogen (secondary N) is 2. The first-order valence-corrected chi connectivity index (χ1v) is 7.19. The van der Waals surface area contributed by atoms with Crippen LogP contribution in [0.2, 0.25) is 0 Å². The van der Waals surface area contributed by atoms with Crippen LogP contribution in [-0.4, -0.2) is 11.0 Å². The minimum absolute atomic E-state index is 0.239. The van der Waals surface area contributed by atoms with Crippen molar-refractivity contribution in [1.82, 2.24) is 5.32 Å². The van der Waals surface area contributed by atoms with Gasteiger partial charge in [-0.3, -0.25) is 10.1 Å². The van der Waals surface area contributed by atoms with Gasteiger partial charge in [0, 0.05) is 15.7 Å². The van der Waals surface area contributed by atoms with Gasteiger partial charge in [-0.15, -0.1) is 0 Å². The summed E-state index contributed by atoms with van der Waals surface area (Å²) in [6, 6.07) is 14.9. The van der Waals surface area contributed by atoms with Gasteiger partial charge in [0.15, 0.2) is 5.11 Å². The Kier molecular flexibility index (Phi) is 4.87. The maximum atomic E-state index is 12.0. The van der Waals surface area contributed by atoms with Gasteiger partial charge in [-0.1, -0.05) is 34.1 Å². The molecule has 2 N–H and O–H groups in total. The number of rotatable bonds is 2. The predicted octanol–water partition coefficient (Wildman–Crippen LogP) is 3.88. The van der Waals surface area contributed by atoms with E-state index in [9.17, 15) is 4.79 Å². The molecule has 0 bridgehead atoms. The lowest BCUT2D eigenvalue weighted by molar-refractivity contribution is 0.0977. The van der Waals surface area contributed by atoms with Crippen molar-refractivity contribution < 1.29 is 4.79 Å². The van der Waals surface area contributed by atoms with Crippen molar-refractivity contribution in [3.05, 3.63) is 64.1 Å². The molecule has 0 aliphatic rings. The number of amides is 1. The van der Waals surface area contributed by atoms with Gasteiger partial charge in [0.05, 0.1) is 0 Å². The lowest BCUT2D eigenvalue weighted by Crippen LogP contribution is -2.34. The highest BCUT2D eigenvalue weighted by Gasteiger charge is 2.08. The summed E-state index contributed by atoms with van der Waals surface area (Å²) in [4.78, 5) is 12.0. The Morgan fingerprint density at radius 1 is 1.15 bits per heavy atom. The van der Waals surface area contributed by atoms with Crippen molar-refractivity contribution in [2.24, 2.45) is 0 Å². The van der Waals surface area contributed by atoms with Gasteiger partial charge >= 0.3 is 0 Å². The van der Waals surface area contributed by atoms with Crippen molar-refractivity contribution in [2.45, 2.75) is 6.92 Å². The molecule has 20 heavy (non-hydrogen) atoms. The van der Waals surface area contributed by atoms with Crippen LogP contribution in [0.1, 0.15) is 15.9 Å². The molecule has 0 fully saturated rings. The smallest absolute Gasteiger partial charge is 0.257 e. The van der Waals surface area contributed by atoms with Crippen LogP contribution in [0.4, 0.5) is 5.69 Å². The fraction of sp³-hybridized carbons (Fsp3) is 0.0667. The third-order valence-corrected chi connectivity index (χ3v) is 3.29. The molecule has 0 atom stereocenters. The normalized spacial score (nSPS) is 9.90. The summed E-state index contributed by atoms with van der Waals surface area (Å²) in [5.41, 5.74) is 2.52. The van der Waals surface area contributed by atoms with Crippen LogP contribution < -0.4 is 10.6 Å². The Morgan fingerprint density at radius 2 is 1.90 bits per heavy atom. The van der Waals surface area contributed by atoms with Gasteiger partial charge in [0.2, 0.25) is 0 Å². The van der Waals surface area contributed by atoms with E-state index in [0.717, 1.165) is 15.7 Å². The highest BCUT2D eigenvalue weighted by Crippen LogP contribution is 2.12. The lowest BCUT2D eigenvalue weighted by Gasteiger charge is -2.10. The molecule has 0 aromatic heterocycles. The average molecular weight is 349 g/mol. The summed E-state index contributed by atoms with van der Waals surface area (Å²) < 4.78 is 0.850. The van der Waals surface area contributed by atoms with Crippen LogP contribution in [-0.2, 0) is 0 Å². The molecule has 2 aromatic rings. The minimum atomic E-state index is -0.239. The van der Waals surface area contributed by atoms with E-state index in [1.165, 1.54) is 0 Å². The molecule has 0 saturated heterocycles. The summed E-state index contributed by atoms with van der Waals surface area (Å²) in [6.07, 6.45) is 0. The SMILES string of the molecule is Cc1cccc(NC(=S)NC(=O)c2cccc(Br)c2)c1. The topological polar surface area (TPSA) is 41.1 Å². The number of carbonyl (C=O) groups excluding carboxylic acids is 1. The fourth-order valence-corrected chi connectivity index (χ4v) is 2.30. The maximum absolute atomic E-state index is 12.0. The molecule has 0 unspecified atom stereocenters. The van der Waals surface area contributed by atoms with Gasteiger partial charge in [-0.2, -0.15) is 0 Å². The fourth-order valence-electron chi connectivity index (χ4n) is 1.69. The first-order valence-electron chi connectivity index (χ1n) is 5.99. The maximum Gasteiger partial charge on any atom is 0.257 e. The van der Waals surface area contributed by atoms with E-state index < -0.39 is 0 Å². The molecule has 2 rings (SSSR count). The van der Waals surface area contributed by atoms with Crippen molar-refractivity contribution in [3.8, 4) is 0 Å². The molecule has 0 spiro atoms. The second-order valence-electron chi connectivity index (χ2n) is 4.29. The summed E-state index contributed by atoms with van der Waals surface area (Å²) in [5.74, 6) is -0.239. The standard InChI is InChI=1S/C15H13BrN2OS/c1-10-4-2-7-13(8-10)17-15(20)18-14(19)11-5-3-6-12(16)9-11/h2-9H,1H3,(H2,17,18,19,20). The monoisotopic (exact) mass is 348 g/mol. The molecule has 0 saturated carbocycles. The zero-order valence-electron chi connectivity index (χ0n) is 10.8. The van der Waals surface area contributed by atoms with Crippen LogP contribution in [0.3, 0.4) is 0 Å². The van der Waals surface area contributed by atoms with Crippen LogP contribution in [0.25, 0.3) is 0 Å². The van der Waals surface area contributed by atoms with Crippen molar-refractivity contribution in [3.63, 3.8) is 0 Å². The highest BCUT2D eigenvalue weighted by atomic mass is 79.9. The Hall–Kier alpha value is -1.72. The third kappa shape index (κ3) is 4.15. The Bertz CT molecular complexity index is 658. The van der Waals surface area contributed by atoms with E-state index in [1.54, 1.807) is 18.2 Å². The quantitative estimate of drug-likeness (QED) is 0.809. The summed E-state index contributed by atoms with van der Waals surface area (Å²) in [7, 11) is 0. The van der Waals surface area contributed by atoms with E-state index in [0.29, 0.717) is 5.56 Å². The van der Waals surface area contributed by atoms with Crippen LogP contribution >= 0.6 is 28.1 Å². The number of hydrogen-bond acceptors (Lipinski definition) is 2. The zero-order valence-corrected chi connectivity index (χ0v) is 13.2. The Balaban J connectivity index is 1.99. The van der Waals surface area contributed by atoms with Gasteiger partial charge in [-0.25, -0.2) is 0 Å². The molecule has 0 aliphatic heterocycles. The molecule has 2 aromatic carbocycles. The molecule has 1 amide bonds. The number of aryl methyl sites for hydroxylation is 1. The molecule has 0 heterocycles. The Morgan fingerprint density at radius 3 is 2.60 bits per heavy atom. The van der Waals surface area contributed by atoms with Gasteiger partial charge < -0.3 is 5.32 Å². The molecule has 0 radical (unpaired) electrons. The predicted molar refractivity (Wildman–Crippen MR) is 89.0 cm³/mol. The number of carbonyl (C=O) groups is 1. The van der Waals surface area contributed by atoms with E-state index in [4.69, 9.17) is 12.2 Å². The minimum Gasteiger partial charge on any atom is -0.332 e. The molecule has 102 valence electrons. The number of benzene rings is 2. The largest absolute Gasteiger partial charge is 0.332 e. The van der Waals surface area contributed by atoms with Crippen LogP contribution in [0.15, 0.2) is 53.0 Å². The molecule has 0 aliphatic carbocycles. The van der Waals surface area contributed by atoms with Crippen molar-refractivity contribution in [1.29, 1.82) is 0 Å².